The highest BCUT2D eigenvalue weighted by atomic mass is 16.5. The van der Waals surface area contributed by atoms with Crippen LogP contribution in [0.3, 0.4) is 0 Å². The fourth-order valence-electron chi connectivity index (χ4n) is 3.57. The molecule has 0 aliphatic heterocycles. The molecule has 3 aromatic rings. The van der Waals surface area contributed by atoms with Crippen LogP contribution in [0.2, 0.25) is 0 Å². The lowest BCUT2D eigenvalue weighted by molar-refractivity contribution is -0.0926. The first-order valence-electron chi connectivity index (χ1n) is 10.5. The van der Waals surface area contributed by atoms with Gasteiger partial charge in [-0.1, -0.05) is 103 Å². The van der Waals surface area contributed by atoms with Crippen LogP contribution in [0.25, 0.3) is 0 Å². The third-order valence-corrected chi connectivity index (χ3v) is 5.25. The van der Waals surface area contributed by atoms with E-state index in [0.717, 1.165) is 17.5 Å². The molecule has 0 aromatic heterocycles. The molecule has 3 aromatic carbocycles. The van der Waals surface area contributed by atoms with Crippen LogP contribution < -0.4 is 0 Å². The molecule has 0 bridgehead atoms. The fourth-order valence-corrected chi connectivity index (χ4v) is 3.57. The van der Waals surface area contributed by atoms with Crippen LogP contribution in [0.5, 0.6) is 0 Å². The number of hydrogen-bond donors (Lipinski definition) is 0. The summed E-state index contributed by atoms with van der Waals surface area (Å²) in [5, 5.41) is 0. The van der Waals surface area contributed by atoms with E-state index in [-0.39, 0.29) is 18.3 Å². The first-order chi connectivity index (χ1) is 14.9. The van der Waals surface area contributed by atoms with E-state index in [4.69, 9.17) is 14.2 Å². The first-order valence-corrected chi connectivity index (χ1v) is 10.5. The molecule has 0 spiro atoms. The lowest BCUT2D eigenvalue weighted by atomic mass is 9.98. The van der Waals surface area contributed by atoms with Crippen LogP contribution in [0.1, 0.15) is 23.1 Å². The summed E-state index contributed by atoms with van der Waals surface area (Å²) in [6, 6.07) is 30.8. The summed E-state index contributed by atoms with van der Waals surface area (Å²) in [5.41, 5.74) is 3.50. The Hall–Kier alpha value is -2.72. The molecule has 0 fully saturated rings. The SMILES string of the molecule is C1=C[C@@H](OCc2ccccc2)[C@@H](OCc2ccccc2)C[C@H]1OCc1ccccc1. The quantitative estimate of drug-likeness (QED) is 0.431. The molecule has 1 aliphatic rings. The van der Waals surface area contributed by atoms with Gasteiger partial charge in [0, 0.05) is 6.42 Å². The third kappa shape index (κ3) is 6.14. The van der Waals surface area contributed by atoms with E-state index in [0.29, 0.717) is 19.8 Å². The van der Waals surface area contributed by atoms with Gasteiger partial charge in [-0.25, -0.2) is 0 Å². The van der Waals surface area contributed by atoms with Crippen molar-refractivity contribution in [3.63, 3.8) is 0 Å². The summed E-state index contributed by atoms with van der Waals surface area (Å²) in [6.45, 7) is 1.73. The minimum absolute atomic E-state index is 0.0163. The van der Waals surface area contributed by atoms with Crippen molar-refractivity contribution in [2.45, 2.75) is 44.6 Å². The maximum Gasteiger partial charge on any atom is 0.102 e. The highest BCUT2D eigenvalue weighted by molar-refractivity contribution is 5.16. The normalized spacial score (nSPS) is 20.9. The monoisotopic (exact) mass is 400 g/mol. The highest BCUT2D eigenvalue weighted by Crippen LogP contribution is 2.24. The average Bonchev–Trinajstić information content (AvgIpc) is 2.82. The van der Waals surface area contributed by atoms with Crippen molar-refractivity contribution < 1.29 is 14.2 Å². The smallest absolute Gasteiger partial charge is 0.102 e. The van der Waals surface area contributed by atoms with E-state index in [1.807, 2.05) is 54.6 Å². The molecule has 154 valence electrons. The number of rotatable bonds is 9. The van der Waals surface area contributed by atoms with Gasteiger partial charge < -0.3 is 14.2 Å². The van der Waals surface area contributed by atoms with Gasteiger partial charge in [-0.15, -0.1) is 0 Å². The predicted octanol–water partition coefficient (Wildman–Crippen LogP) is 5.70. The van der Waals surface area contributed by atoms with Gasteiger partial charge in [-0.05, 0) is 16.7 Å². The Kier molecular flexibility index (Phi) is 7.46. The number of ether oxygens (including phenoxy) is 3. The summed E-state index contributed by atoms with van der Waals surface area (Å²) >= 11 is 0. The van der Waals surface area contributed by atoms with E-state index in [2.05, 4.69) is 48.6 Å². The fraction of sp³-hybridized carbons (Fsp3) is 0.259. The Bertz CT molecular complexity index is 893. The summed E-state index contributed by atoms with van der Waals surface area (Å²) < 4.78 is 18.6. The summed E-state index contributed by atoms with van der Waals surface area (Å²) in [6.07, 6.45) is 4.85. The molecule has 1 aliphatic carbocycles. The number of hydrogen-bond acceptors (Lipinski definition) is 3. The second-order valence-electron chi connectivity index (χ2n) is 7.55. The molecule has 30 heavy (non-hydrogen) atoms. The van der Waals surface area contributed by atoms with Crippen molar-refractivity contribution in [3.05, 3.63) is 120 Å². The van der Waals surface area contributed by atoms with Crippen LogP contribution >= 0.6 is 0 Å². The molecule has 0 amide bonds. The molecular weight excluding hydrogens is 372 g/mol. The highest BCUT2D eigenvalue weighted by Gasteiger charge is 2.28. The van der Waals surface area contributed by atoms with Crippen molar-refractivity contribution in [1.29, 1.82) is 0 Å². The minimum Gasteiger partial charge on any atom is -0.370 e. The molecule has 3 atom stereocenters. The van der Waals surface area contributed by atoms with Crippen molar-refractivity contribution in [2.24, 2.45) is 0 Å². The van der Waals surface area contributed by atoms with Crippen molar-refractivity contribution in [3.8, 4) is 0 Å². The zero-order valence-corrected chi connectivity index (χ0v) is 17.1. The Morgan fingerprint density at radius 1 is 0.533 bits per heavy atom. The van der Waals surface area contributed by atoms with Crippen molar-refractivity contribution >= 4 is 0 Å². The van der Waals surface area contributed by atoms with E-state index >= 15 is 0 Å². The topological polar surface area (TPSA) is 27.7 Å². The summed E-state index contributed by atoms with van der Waals surface area (Å²) in [7, 11) is 0. The van der Waals surface area contributed by atoms with E-state index in [9.17, 15) is 0 Å². The van der Waals surface area contributed by atoms with E-state index in [1.165, 1.54) is 5.56 Å². The van der Waals surface area contributed by atoms with Crippen molar-refractivity contribution in [1.82, 2.24) is 0 Å². The summed E-state index contributed by atoms with van der Waals surface area (Å²) in [5.74, 6) is 0. The van der Waals surface area contributed by atoms with Gasteiger partial charge >= 0.3 is 0 Å². The van der Waals surface area contributed by atoms with E-state index in [1.54, 1.807) is 0 Å². The Morgan fingerprint density at radius 2 is 1.00 bits per heavy atom. The average molecular weight is 401 g/mol. The molecular formula is C27H28O3. The molecule has 0 unspecified atom stereocenters. The largest absolute Gasteiger partial charge is 0.370 e. The lowest BCUT2D eigenvalue weighted by Gasteiger charge is -2.32. The second-order valence-corrected chi connectivity index (χ2v) is 7.55. The van der Waals surface area contributed by atoms with Crippen LogP contribution in [0.15, 0.2) is 103 Å². The Labute approximate surface area is 178 Å². The van der Waals surface area contributed by atoms with Crippen LogP contribution in [0.4, 0.5) is 0 Å². The van der Waals surface area contributed by atoms with Gasteiger partial charge in [0.25, 0.3) is 0 Å². The molecule has 0 heterocycles. The zero-order chi connectivity index (χ0) is 20.4. The molecule has 0 N–H and O–H groups in total. The molecule has 0 saturated carbocycles. The zero-order valence-electron chi connectivity index (χ0n) is 17.1. The Morgan fingerprint density at radius 3 is 1.53 bits per heavy atom. The predicted molar refractivity (Wildman–Crippen MR) is 119 cm³/mol. The minimum atomic E-state index is -0.0921. The van der Waals surface area contributed by atoms with Crippen LogP contribution in [-0.2, 0) is 34.0 Å². The standard InChI is InChI=1S/C27H28O3/c1-4-10-22(11-5-1)19-28-25-16-17-26(29-20-23-12-6-2-7-13-23)27(18-25)30-21-24-14-8-3-9-15-24/h1-17,25-27H,18-21H2/t25-,26+,27-/m0/s1. The molecule has 3 heteroatoms. The van der Waals surface area contributed by atoms with Gasteiger partial charge in [0.2, 0.25) is 0 Å². The maximum absolute atomic E-state index is 6.30. The maximum atomic E-state index is 6.30. The van der Waals surface area contributed by atoms with Gasteiger partial charge in [0.1, 0.15) is 6.10 Å². The van der Waals surface area contributed by atoms with Gasteiger partial charge in [-0.3, -0.25) is 0 Å². The van der Waals surface area contributed by atoms with Gasteiger partial charge in [0.05, 0.1) is 32.0 Å². The van der Waals surface area contributed by atoms with Gasteiger partial charge in [0.15, 0.2) is 0 Å². The Balaban J connectivity index is 1.38. The molecule has 0 saturated heterocycles. The summed E-state index contributed by atoms with van der Waals surface area (Å²) in [4.78, 5) is 0. The molecule has 0 radical (unpaired) electrons. The molecule has 4 rings (SSSR count). The second kappa shape index (κ2) is 10.9. The van der Waals surface area contributed by atoms with Crippen LogP contribution in [0, 0.1) is 0 Å². The van der Waals surface area contributed by atoms with E-state index < -0.39 is 0 Å². The van der Waals surface area contributed by atoms with Crippen molar-refractivity contribution in [2.75, 3.05) is 0 Å². The first kappa shape index (κ1) is 20.5. The van der Waals surface area contributed by atoms with Crippen LogP contribution in [-0.4, -0.2) is 18.3 Å². The third-order valence-electron chi connectivity index (χ3n) is 5.25. The molecule has 3 nitrogen and oxygen atoms in total. The number of benzene rings is 3. The lowest BCUT2D eigenvalue weighted by Crippen LogP contribution is -2.37. The van der Waals surface area contributed by atoms with Gasteiger partial charge in [-0.2, -0.15) is 0 Å².